The average molecular weight is 198 g/mol. The summed E-state index contributed by atoms with van der Waals surface area (Å²) in [5.41, 5.74) is 0.457. The van der Waals surface area contributed by atoms with E-state index in [9.17, 15) is 0 Å². The Morgan fingerprint density at radius 2 is 2.14 bits per heavy atom. The van der Waals surface area contributed by atoms with Gasteiger partial charge in [0.2, 0.25) is 0 Å². The summed E-state index contributed by atoms with van der Waals surface area (Å²) in [4.78, 5) is 2.43. The molecule has 1 rings (SSSR count). The molecule has 0 amide bonds. The standard InChI is InChI=1S/C12H26N2/c1-5-14(4)10-12(2,3)11-7-6-8-13-9-11/h11,13H,5-10H2,1-4H3. The fraction of sp³-hybridized carbons (Fsp3) is 1.00. The summed E-state index contributed by atoms with van der Waals surface area (Å²) >= 11 is 0. The number of nitrogens with zero attached hydrogens (tertiary/aromatic N) is 1. The summed E-state index contributed by atoms with van der Waals surface area (Å²) < 4.78 is 0. The number of hydrogen-bond donors (Lipinski definition) is 1. The predicted octanol–water partition coefficient (Wildman–Crippen LogP) is 1.96. The van der Waals surface area contributed by atoms with Crippen molar-refractivity contribution in [1.29, 1.82) is 0 Å². The minimum absolute atomic E-state index is 0.457. The summed E-state index contributed by atoms with van der Waals surface area (Å²) in [6, 6.07) is 0. The van der Waals surface area contributed by atoms with Crippen molar-refractivity contribution < 1.29 is 0 Å². The van der Waals surface area contributed by atoms with Crippen molar-refractivity contribution in [3.63, 3.8) is 0 Å². The summed E-state index contributed by atoms with van der Waals surface area (Å²) in [6.45, 7) is 11.9. The molecule has 0 radical (unpaired) electrons. The topological polar surface area (TPSA) is 15.3 Å². The van der Waals surface area contributed by atoms with Crippen molar-refractivity contribution in [3.8, 4) is 0 Å². The van der Waals surface area contributed by atoms with E-state index in [4.69, 9.17) is 0 Å². The van der Waals surface area contributed by atoms with Gasteiger partial charge in [0.15, 0.2) is 0 Å². The highest BCUT2D eigenvalue weighted by Gasteiger charge is 2.31. The Balaban J connectivity index is 2.45. The van der Waals surface area contributed by atoms with Crippen molar-refractivity contribution in [3.05, 3.63) is 0 Å². The van der Waals surface area contributed by atoms with Crippen LogP contribution in [0.5, 0.6) is 0 Å². The van der Waals surface area contributed by atoms with Gasteiger partial charge in [0.05, 0.1) is 0 Å². The zero-order valence-corrected chi connectivity index (χ0v) is 10.3. The lowest BCUT2D eigenvalue weighted by atomic mass is 9.74. The average Bonchev–Trinajstić information content (AvgIpc) is 2.18. The van der Waals surface area contributed by atoms with Gasteiger partial charge in [-0.1, -0.05) is 20.8 Å². The lowest BCUT2D eigenvalue weighted by Gasteiger charge is -2.39. The molecule has 1 N–H and O–H groups in total. The Morgan fingerprint density at radius 3 is 2.64 bits per heavy atom. The minimum Gasteiger partial charge on any atom is -0.316 e. The number of rotatable bonds is 4. The van der Waals surface area contributed by atoms with Crippen LogP contribution in [0.3, 0.4) is 0 Å². The Bertz CT molecular complexity index is 160. The van der Waals surface area contributed by atoms with E-state index in [0.29, 0.717) is 5.41 Å². The van der Waals surface area contributed by atoms with Crippen LogP contribution in [-0.2, 0) is 0 Å². The van der Waals surface area contributed by atoms with Crippen LogP contribution in [0.25, 0.3) is 0 Å². The monoisotopic (exact) mass is 198 g/mol. The lowest BCUT2D eigenvalue weighted by molar-refractivity contribution is 0.117. The number of piperidine rings is 1. The first-order chi connectivity index (χ1) is 6.56. The van der Waals surface area contributed by atoms with E-state index in [2.05, 4.69) is 38.0 Å². The second kappa shape index (κ2) is 5.13. The zero-order valence-electron chi connectivity index (χ0n) is 10.3. The maximum absolute atomic E-state index is 3.51. The van der Waals surface area contributed by atoms with Gasteiger partial charge in [-0.15, -0.1) is 0 Å². The maximum atomic E-state index is 3.51. The molecule has 1 unspecified atom stereocenters. The molecule has 0 aromatic heterocycles. The van der Waals surface area contributed by atoms with Crippen LogP contribution in [0.4, 0.5) is 0 Å². The van der Waals surface area contributed by atoms with Crippen molar-refractivity contribution in [1.82, 2.24) is 10.2 Å². The maximum Gasteiger partial charge on any atom is 0.00326 e. The molecule has 0 bridgehead atoms. The van der Waals surface area contributed by atoms with Gasteiger partial charge in [-0.05, 0) is 50.9 Å². The normalized spacial score (nSPS) is 24.2. The van der Waals surface area contributed by atoms with Gasteiger partial charge in [-0.3, -0.25) is 0 Å². The van der Waals surface area contributed by atoms with Crippen molar-refractivity contribution >= 4 is 0 Å². The molecule has 1 fully saturated rings. The van der Waals surface area contributed by atoms with E-state index in [1.54, 1.807) is 0 Å². The molecule has 1 saturated heterocycles. The highest BCUT2D eigenvalue weighted by Crippen LogP contribution is 2.32. The molecule has 1 heterocycles. The fourth-order valence-electron chi connectivity index (χ4n) is 2.46. The third kappa shape index (κ3) is 3.25. The largest absolute Gasteiger partial charge is 0.316 e. The van der Waals surface area contributed by atoms with Crippen LogP contribution in [0, 0.1) is 11.3 Å². The van der Waals surface area contributed by atoms with Gasteiger partial charge in [0, 0.05) is 6.54 Å². The van der Waals surface area contributed by atoms with Gasteiger partial charge in [-0.25, -0.2) is 0 Å². The third-order valence-electron chi connectivity index (χ3n) is 3.62. The van der Waals surface area contributed by atoms with Crippen LogP contribution in [0.1, 0.15) is 33.6 Å². The Kier molecular flexibility index (Phi) is 4.39. The highest BCUT2D eigenvalue weighted by molar-refractivity contribution is 4.84. The Labute approximate surface area is 89.1 Å². The van der Waals surface area contributed by atoms with Crippen LogP contribution in [-0.4, -0.2) is 38.1 Å². The SMILES string of the molecule is CCN(C)CC(C)(C)C1CCCNC1. The van der Waals surface area contributed by atoms with Gasteiger partial charge < -0.3 is 10.2 Å². The molecule has 1 aliphatic rings. The Hall–Kier alpha value is -0.0800. The predicted molar refractivity (Wildman–Crippen MR) is 62.5 cm³/mol. The van der Waals surface area contributed by atoms with Gasteiger partial charge >= 0.3 is 0 Å². The highest BCUT2D eigenvalue weighted by atomic mass is 15.1. The molecule has 2 heteroatoms. The molecule has 1 aliphatic heterocycles. The number of nitrogens with one attached hydrogen (secondary N) is 1. The molecular formula is C12H26N2. The smallest absolute Gasteiger partial charge is 0.00326 e. The van der Waals surface area contributed by atoms with E-state index in [1.807, 2.05) is 0 Å². The van der Waals surface area contributed by atoms with Crippen LogP contribution >= 0.6 is 0 Å². The molecule has 0 spiro atoms. The molecule has 2 nitrogen and oxygen atoms in total. The zero-order chi connectivity index (χ0) is 10.6. The van der Waals surface area contributed by atoms with E-state index >= 15 is 0 Å². The first-order valence-corrected chi connectivity index (χ1v) is 5.95. The number of hydrogen-bond acceptors (Lipinski definition) is 2. The van der Waals surface area contributed by atoms with E-state index in [-0.39, 0.29) is 0 Å². The molecule has 0 aromatic carbocycles. The first-order valence-electron chi connectivity index (χ1n) is 5.95. The molecule has 0 aromatic rings. The lowest BCUT2D eigenvalue weighted by Crippen LogP contribution is -2.43. The van der Waals surface area contributed by atoms with Crippen molar-refractivity contribution in [2.24, 2.45) is 11.3 Å². The molecule has 1 atom stereocenters. The van der Waals surface area contributed by atoms with Gasteiger partial charge in [0.25, 0.3) is 0 Å². The molecule has 0 saturated carbocycles. The molecule has 14 heavy (non-hydrogen) atoms. The third-order valence-corrected chi connectivity index (χ3v) is 3.62. The summed E-state index contributed by atoms with van der Waals surface area (Å²) in [6.07, 6.45) is 2.75. The van der Waals surface area contributed by atoms with Crippen LogP contribution in [0.2, 0.25) is 0 Å². The van der Waals surface area contributed by atoms with Gasteiger partial charge in [0.1, 0.15) is 0 Å². The summed E-state index contributed by atoms with van der Waals surface area (Å²) in [5.74, 6) is 0.852. The van der Waals surface area contributed by atoms with Gasteiger partial charge in [-0.2, -0.15) is 0 Å². The minimum atomic E-state index is 0.457. The second-order valence-corrected chi connectivity index (χ2v) is 5.36. The molecule has 0 aliphatic carbocycles. The fourth-order valence-corrected chi connectivity index (χ4v) is 2.46. The van der Waals surface area contributed by atoms with Crippen LogP contribution in [0.15, 0.2) is 0 Å². The van der Waals surface area contributed by atoms with E-state index < -0.39 is 0 Å². The second-order valence-electron chi connectivity index (χ2n) is 5.36. The first kappa shape index (κ1) is 12.0. The molecular weight excluding hydrogens is 172 g/mol. The summed E-state index contributed by atoms with van der Waals surface area (Å²) in [5, 5.41) is 3.51. The van der Waals surface area contributed by atoms with Crippen LogP contribution < -0.4 is 5.32 Å². The van der Waals surface area contributed by atoms with Crippen molar-refractivity contribution in [2.45, 2.75) is 33.6 Å². The molecule has 84 valence electrons. The Morgan fingerprint density at radius 1 is 1.43 bits per heavy atom. The quantitative estimate of drug-likeness (QED) is 0.743. The summed E-state index contributed by atoms with van der Waals surface area (Å²) in [7, 11) is 2.22. The van der Waals surface area contributed by atoms with E-state index in [0.717, 1.165) is 12.5 Å². The van der Waals surface area contributed by atoms with E-state index in [1.165, 1.54) is 32.5 Å². The van der Waals surface area contributed by atoms with Crippen molar-refractivity contribution in [2.75, 3.05) is 33.2 Å².